The first-order valence-electron chi connectivity index (χ1n) is 7.41. The molecule has 1 aromatic carbocycles. The van der Waals surface area contributed by atoms with E-state index >= 15 is 0 Å². The summed E-state index contributed by atoms with van der Waals surface area (Å²) < 4.78 is 24.3. The van der Waals surface area contributed by atoms with Gasteiger partial charge in [0.25, 0.3) is 0 Å². The summed E-state index contributed by atoms with van der Waals surface area (Å²) in [6.45, 7) is 5.16. The molecule has 1 aromatic rings. The highest BCUT2D eigenvalue weighted by atomic mass is 32.2. The minimum absolute atomic E-state index is 0.146. The van der Waals surface area contributed by atoms with Crippen LogP contribution in [0.3, 0.4) is 0 Å². The van der Waals surface area contributed by atoms with Crippen LogP contribution in [0.1, 0.15) is 19.8 Å². The van der Waals surface area contributed by atoms with E-state index in [2.05, 4.69) is 10.2 Å². The molecule has 2 bridgehead atoms. The van der Waals surface area contributed by atoms with E-state index in [9.17, 15) is 8.42 Å². The fraction of sp³-hybridized carbons (Fsp3) is 0.600. The SMILES string of the molecule is CCS(=O)(=O)c1ccccc1NC1CCN2CCC1C2. The Morgan fingerprint density at radius 3 is 2.80 bits per heavy atom. The number of para-hydroxylation sites is 1. The van der Waals surface area contributed by atoms with Gasteiger partial charge in [-0.2, -0.15) is 0 Å². The fourth-order valence-corrected chi connectivity index (χ4v) is 4.41. The lowest BCUT2D eigenvalue weighted by atomic mass is 9.94. The summed E-state index contributed by atoms with van der Waals surface area (Å²) >= 11 is 0. The van der Waals surface area contributed by atoms with Crippen molar-refractivity contribution in [1.82, 2.24) is 4.90 Å². The Bertz CT molecular complexity index is 585. The number of piperidine rings is 1. The van der Waals surface area contributed by atoms with Crippen LogP contribution in [0.2, 0.25) is 0 Å². The van der Waals surface area contributed by atoms with Gasteiger partial charge >= 0.3 is 0 Å². The molecule has 2 aliphatic rings. The summed E-state index contributed by atoms with van der Waals surface area (Å²) in [5.41, 5.74) is 0.778. The van der Waals surface area contributed by atoms with Crippen LogP contribution in [0.5, 0.6) is 0 Å². The Morgan fingerprint density at radius 1 is 1.25 bits per heavy atom. The van der Waals surface area contributed by atoms with Crippen molar-refractivity contribution >= 4 is 15.5 Å². The molecule has 3 atom stereocenters. The number of sulfone groups is 1. The first kappa shape index (κ1) is 13.9. The third kappa shape index (κ3) is 2.56. The van der Waals surface area contributed by atoms with Gasteiger partial charge in [0, 0.05) is 19.1 Å². The highest BCUT2D eigenvalue weighted by Crippen LogP contribution is 2.31. The van der Waals surface area contributed by atoms with E-state index in [1.165, 1.54) is 13.0 Å². The lowest BCUT2D eigenvalue weighted by Crippen LogP contribution is -2.39. The molecule has 2 saturated heterocycles. The van der Waals surface area contributed by atoms with Crippen molar-refractivity contribution < 1.29 is 8.42 Å². The first-order chi connectivity index (χ1) is 9.60. The van der Waals surface area contributed by atoms with E-state index in [1.54, 1.807) is 19.1 Å². The van der Waals surface area contributed by atoms with Crippen LogP contribution in [0.4, 0.5) is 5.69 Å². The highest BCUT2D eigenvalue weighted by Gasteiger charge is 2.34. The molecule has 0 spiro atoms. The third-order valence-electron chi connectivity index (χ3n) is 4.58. The van der Waals surface area contributed by atoms with E-state index in [1.807, 2.05) is 12.1 Å². The molecule has 0 amide bonds. The van der Waals surface area contributed by atoms with E-state index < -0.39 is 9.84 Å². The first-order valence-corrected chi connectivity index (χ1v) is 9.06. The van der Waals surface area contributed by atoms with E-state index in [0.717, 1.165) is 25.2 Å². The molecular formula is C15H22N2O2S. The number of nitrogens with zero attached hydrogens (tertiary/aromatic N) is 1. The van der Waals surface area contributed by atoms with Crippen LogP contribution in [0.25, 0.3) is 0 Å². The van der Waals surface area contributed by atoms with Gasteiger partial charge in [-0.1, -0.05) is 19.1 Å². The van der Waals surface area contributed by atoms with Crippen molar-refractivity contribution in [3.05, 3.63) is 24.3 Å². The van der Waals surface area contributed by atoms with Gasteiger partial charge < -0.3 is 10.2 Å². The lowest BCUT2D eigenvalue weighted by Gasteiger charge is -2.32. The van der Waals surface area contributed by atoms with Gasteiger partial charge in [0.2, 0.25) is 0 Å². The summed E-state index contributed by atoms with van der Waals surface area (Å²) in [7, 11) is -3.17. The van der Waals surface area contributed by atoms with Crippen LogP contribution in [-0.4, -0.2) is 44.7 Å². The quantitative estimate of drug-likeness (QED) is 0.922. The Kier molecular flexibility index (Phi) is 3.73. The van der Waals surface area contributed by atoms with Gasteiger partial charge in [0.15, 0.2) is 9.84 Å². The van der Waals surface area contributed by atoms with Crippen molar-refractivity contribution in [2.24, 2.45) is 5.92 Å². The molecule has 1 N–H and O–H groups in total. The number of hydrogen-bond donors (Lipinski definition) is 1. The zero-order valence-corrected chi connectivity index (χ0v) is 12.7. The van der Waals surface area contributed by atoms with Crippen LogP contribution < -0.4 is 5.32 Å². The van der Waals surface area contributed by atoms with Gasteiger partial charge in [-0.25, -0.2) is 8.42 Å². The minimum atomic E-state index is -3.17. The molecule has 0 saturated carbocycles. The molecule has 0 aliphatic carbocycles. The van der Waals surface area contributed by atoms with E-state index in [0.29, 0.717) is 16.9 Å². The number of fused-ring (bicyclic) bond motifs is 2. The monoisotopic (exact) mass is 294 g/mol. The van der Waals surface area contributed by atoms with Crippen molar-refractivity contribution in [2.45, 2.75) is 30.7 Å². The summed E-state index contributed by atoms with van der Waals surface area (Å²) in [5, 5.41) is 3.51. The number of rotatable bonds is 4. The van der Waals surface area contributed by atoms with Crippen molar-refractivity contribution in [1.29, 1.82) is 0 Å². The number of anilines is 1. The predicted molar refractivity (Wildman–Crippen MR) is 80.7 cm³/mol. The third-order valence-corrected chi connectivity index (χ3v) is 6.36. The number of nitrogens with one attached hydrogen (secondary N) is 1. The maximum absolute atomic E-state index is 12.2. The largest absolute Gasteiger partial charge is 0.381 e. The van der Waals surface area contributed by atoms with Gasteiger partial charge in [-0.3, -0.25) is 0 Å². The minimum Gasteiger partial charge on any atom is -0.381 e. The molecule has 3 rings (SSSR count). The number of benzene rings is 1. The van der Waals surface area contributed by atoms with Crippen LogP contribution in [-0.2, 0) is 9.84 Å². The van der Waals surface area contributed by atoms with Crippen molar-refractivity contribution in [3.8, 4) is 0 Å². The fourth-order valence-electron chi connectivity index (χ4n) is 3.35. The molecule has 20 heavy (non-hydrogen) atoms. The van der Waals surface area contributed by atoms with Gasteiger partial charge in [-0.15, -0.1) is 0 Å². The summed E-state index contributed by atoms with van der Waals surface area (Å²) in [6, 6.07) is 7.71. The van der Waals surface area contributed by atoms with Gasteiger partial charge in [0.1, 0.15) is 0 Å². The Hall–Kier alpha value is -1.07. The lowest BCUT2D eigenvalue weighted by molar-refractivity contribution is 0.255. The molecule has 2 heterocycles. The molecule has 5 heteroatoms. The molecule has 3 unspecified atom stereocenters. The highest BCUT2D eigenvalue weighted by molar-refractivity contribution is 7.91. The second-order valence-electron chi connectivity index (χ2n) is 5.79. The molecule has 0 aromatic heterocycles. The molecule has 4 nitrogen and oxygen atoms in total. The van der Waals surface area contributed by atoms with Crippen LogP contribution in [0.15, 0.2) is 29.2 Å². The molecule has 2 fully saturated rings. The van der Waals surface area contributed by atoms with Gasteiger partial charge in [-0.05, 0) is 37.4 Å². The Labute approximate surface area is 121 Å². The molecular weight excluding hydrogens is 272 g/mol. The summed E-state index contributed by atoms with van der Waals surface area (Å²) in [5.74, 6) is 0.800. The second-order valence-corrected chi connectivity index (χ2v) is 8.04. The maximum Gasteiger partial charge on any atom is 0.180 e. The smallest absolute Gasteiger partial charge is 0.180 e. The Morgan fingerprint density at radius 2 is 2.00 bits per heavy atom. The Balaban J connectivity index is 1.84. The standard InChI is InChI=1S/C15H22N2O2S/c1-2-20(18,19)15-6-4-3-5-14(15)16-13-8-10-17-9-7-12(13)11-17/h3-6,12-13,16H,2,7-11H2,1H3. The average Bonchev–Trinajstić information content (AvgIpc) is 2.85. The maximum atomic E-state index is 12.2. The zero-order chi connectivity index (χ0) is 14.2. The topological polar surface area (TPSA) is 49.4 Å². The molecule has 0 radical (unpaired) electrons. The summed E-state index contributed by atoms with van der Waals surface area (Å²) in [6.07, 6.45) is 2.32. The van der Waals surface area contributed by atoms with E-state index in [4.69, 9.17) is 0 Å². The van der Waals surface area contributed by atoms with Crippen LogP contribution >= 0.6 is 0 Å². The normalized spacial score (nSPS) is 29.4. The van der Waals surface area contributed by atoms with Crippen molar-refractivity contribution in [2.75, 3.05) is 30.7 Å². The average molecular weight is 294 g/mol. The second kappa shape index (κ2) is 5.37. The summed E-state index contributed by atoms with van der Waals surface area (Å²) in [4.78, 5) is 2.94. The van der Waals surface area contributed by atoms with Gasteiger partial charge in [0.05, 0.1) is 16.3 Å². The number of hydrogen-bond acceptors (Lipinski definition) is 4. The van der Waals surface area contributed by atoms with Crippen molar-refractivity contribution in [3.63, 3.8) is 0 Å². The predicted octanol–water partition coefficient (Wildman–Crippen LogP) is 1.99. The molecule has 110 valence electrons. The van der Waals surface area contributed by atoms with Crippen LogP contribution in [0, 0.1) is 5.92 Å². The van der Waals surface area contributed by atoms with E-state index in [-0.39, 0.29) is 5.75 Å². The molecule has 2 aliphatic heterocycles. The zero-order valence-electron chi connectivity index (χ0n) is 11.9.